The van der Waals surface area contributed by atoms with Gasteiger partial charge in [-0.15, -0.1) is 0 Å². The van der Waals surface area contributed by atoms with Crippen molar-refractivity contribution >= 4 is 22.8 Å². The van der Waals surface area contributed by atoms with Gasteiger partial charge in [0.15, 0.2) is 5.82 Å². The Morgan fingerprint density at radius 1 is 1.11 bits per heavy atom. The second-order valence-corrected chi connectivity index (χ2v) is 9.29. The van der Waals surface area contributed by atoms with Crippen LogP contribution >= 0.6 is 0 Å². The monoisotopic (exact) mass is 499 g/mol. The predicted molar refractivity (Wildman–Crippen MR) is 131 cm³/mol. The molecule has 5 rings (SSSR count). The van der Waals surface area contributed by atoms with Crippen molar-refractivity contribution in [2.24, 2.45) is 11.7 Å². The number of fused-ring (bicyclic) bond motifs is 1. The van der Waals surface area contributed by atoms with Crippen LogP contribution in [0, 0.1) is 5.92 Å². The summed E-state index contributed by atoms with van der Waals surface area (Å²) in [5.41, 5.74) is 6.58. The maximum absolute atomic E-state index is 14.0. The fourth-order valence-corrected chi connectivity index (χ4v) is 5.05. The van der Waals surface area contributed by atoms with Gasteiger partial charge in [0, 0.05) is 38.7 Å². The van der Waals surface area contributed by atoms with Crippen molar-refractivity contribution in [3.8, 4) is 5.82 Å². The van der Waals surface area contributed by atoms with E-state index in [-0.39, 0.29) is 18.3 Å². The smallest absolute Gasteiger partial charge is 0.296 e. The van der Waals surface area contributed by atoms with E-state index in [0.717, 1.165) is 32.4 Å². The number of para-hydroxylation sites is 2. The van der Waals surface area contributed by atoms with E-state index in [9.17, 15) is 13.6 Å². The summed E-state index contributed by atoms with van der Waals surface area (Å²) < 4.78 is 34.9. The van der Waals surface area contributed by atoms with Crippen molar-refractivity contribution in [3.05, 3.63) is 42.0 Å². The zero-order valence-corrected chi connectivity index (χ0v) is 20.2. The molecule has 0 radical (unpaired) electrons. The minimum Gasteiger partial charge on any atom is -0.378 e. The van der Waals surface area contributed by atoms with Gasteiger partial charge in [-0.05, 0) is 37.3 Å². The van der Waals surface area contributed by atoms with E-state index in [4.69, 9.17) is 20.4 Å². The normalized spacial score (nSPS) is 18.5. The fourth-order valence-electron chi connectivity index (χ4n) is 5.05. The standard InChI is InChI=1S/C25H31F2N7O2/c26-24(27)25-29-18-5-1-2-6-19(18)34(25)22-14-21(32-10-12-36-13-11-32)30-20(31-22)7-3-4-17-8-9-33(16-17)23(35)15-28/h1-2,5-6,14,17,24H,3-4,7-13,15-16,28H2/t17-/m1/s1. The Morgan fingerprint density at radius 2 is 1.89 bits per heavy atom. The second-order valence-electron chi connectivity index (χ2n) is 9.29. The number of aromatic nitrogens is 4. The number of ether oxygens (including phenoxy) is 1. The number of amides is 1. The molecule has 2 saturated heterocycles. The summed E-state index contributed by atoms with van der Waals surface area (Å²) >= 11 is 0. The summed E-state index contributed by atoms with van der Waals surface area (Å²) in [6.07, 6.45) is 0.607. The molecule has 2 fully saturated rings. The maximum atomic E-state index is 14.0. The molecule has 0 saturated carbocycles. The van der Waals surface area contributed by atoms with Crippen molar-refractivity contribution in [1.29, 1.82) is 0 Å². The summed E-state index contributed by atoms with van der Waals surface area (Å²) in [6, 6.07) is 8.86. The van der Waals surface area contributed by atoms with Crippen LogP contribution in [0.3, 0.4) is 0 Å². The zero-order valence-electron chi connectivity index (χ0n) is 20.2. The van der Waals surface area contributed by atoms with Gasteiger partial charge in [0.25, 0.3) is 6.43 Å². The van der Waals surface area contributed by atoms with Crippen LogP contribution in [0.4, 0.5) is 14.6 Å². The first kappa shape index (κ1) is 24.5. The van der Waals surface area contributed by atoms with Crippen molar-refractivity contribution in [1.82, 2.24) is 24.4 Å². The summed E-state index contributed by atoms with van der Waals surface area (Å²) in [5.74, 6) is 1.80. The molecule has 1 amide bonds. The van der Waals surface area contributed by atoms with E-state index in [1.54, 1.807) is 30.3 Å². The summed E-state index contributed by atoms with van der Waals surface area (Å²) in [6.45, 7) is 4.05. The Hall–Kier alpha value is -3.18. The molecule has 2 N–H and O–H groups in total. The summed E-state index contributed by atoms with van der Waals surface area (Å²) in [5, 5.41) is 0. The molecule has 0 unspecified atom stereocenters. The van der Waals surface area contributed by atoms with Crippen molar-refractivity contribution in [2.75, 3.05) is 50.8 Å². The molecule has 0 bridgehead atoms. The second kappa shape index (κ2) is 10.8. The molecular formula is C25H31F2N7O2. The largest absolute Gasteiger partial charge is 0.378 e. The van der Waals surface area contributed by atoms with Gasteiger partial charge in [0.1, 0.15) is 17.5 Å². The lowest BCUT2D eigenvalue weighted by Crippen LogP contribution is -2.37. The van der Waals surface area contributed by atoms with Crippen molar-refractivity contribution in [3.63, 3.8) is 0 Å². The van der Waals surface area contributed by atoms with E-state index in [0.29, 0.717) is 67.1 Å². The lowest BCUT2D eigenvalue weighted by atomic mass is 10.0. The topological polar surface area (TPSA) is 102 Å². The number of carbonyl (C=O) groups is 1. The van der Waals surface area contributed by atoms with Crippen LogP contribution in [0.5, 0.6) is 0 Å². The van der Waals surface area contributed by atoms with Crippen LogP contribution < -0.4 is 10.6 Å². The first-order chi connectivity index (χ1) is 17.5. The van der Waals surface area contributed by atoms with Crippen LogP contribution in [-0.2, 0) is 16.0 Å². The number of alkyl halides is 2. The number of imidazole rings is 1. The van der Waals surface area contributed by atoms with Gasteiger partial charge in [-0.1, -0.05) is 12.1 Å². The Balaban J connectivity index is 1.42. The molecular weight excluding hydrogens is 468 g/mol. The molecule has 36 heavy (non-hydrogen) atoms. The molecule has 4 heterocycles. The van der Waals surface area contributed by atoms with Crippen LogP contribution in [-0.4, -0.2) is 76.3 Å². The van der Waals surface area contributed by atoms with Crippen LogP contribution in [0.15, 0.2) is 30.3 Å². The van der Waals surface area contributed by atoms with Crippen LogP contribution in [0.1, 0.15) is 37.3 Å². The van der Waals surface area contributed by atoms with Crippen LogP contribution in [0.2, 0.25) is 0 Å². The first-order valence-corrected chi connectivity index (χ1v) is 12.5. The third kappa shape index (κ3) is 5.17. The molecule has 0 spiro atoms. The van der Waals surface area contributed by atoms with E-state index < -0.39 is 6.43 Å². The number of nitrogens with zero attached hydrogens (tertiary/aromatic N) is 6. The SMILES string of the molecule is NCC(=O)N1CC[C@@H](CCCc2nc(N3CCOCC3)cc(-n3c(C(F)F)nc4ccccc43)n2)C1. The number of carbonyl (C=O) groups excluding carboxylic acids is 1. The van der Waals surface area contributed by atoms with Crippen molar-refractivity contribution < 1.29 is 18.3 Å². The molecule has 1 aromatic carbocycles. The number of hydrogen-bond donors (Lipinski definition) is 1. The molecule has 2 aliphatic heterocycles. The van der Waals surface area contributed by atoms with Gasteiger partial charge in [-0.2, -0.15) is 0 Å². The van der Waals surface area contributed by atoms with Gasteiger partial charge in [-0.3, -0.25) is 9.36 Å². The lowest BCUT2D eigenvalue weighted by molar-refractivity contribution is -0.128. The number of likely N-dealkylation sites (tertiary alicyclic amines) is 1. The summed E-state index contributed by atoms with van der Waals surface area (Å²) in [4.78, 5) is 29.5. The molecule has 2 aliphatic rings. The highest BCUT2D eigenvalue weighted by Gasteiger charge is 2.26. The van der Waals surface area contributed by atoms with E-state index in [1.165, 1.54) is 4.57 Å². The molecule has 9 nitrogen and oxygen atoms in total. The highest BCUT2D eigenvalue weighted by atomic mass is 19.3. The molecule has 0 aliphatic carbocycles. The van der Waals surface area contributed by atoms with E-state index in [1.807, 2.05) is 4.90 Å². The molecule has 1 atom stereocenters. The lowest BCUT2D eigenvalue weighted by Gasteiger charge is -2.28. The van der Waals surface area contributed by atoms with Gasteiger partial charge in [-0.25, -0.2) is 23.7 Å². The van der Waals surface area contributed by atoms with Crippen LogP contribution in [0.25, 0.3) is 16.9 Å². The molecule has 11 heteroatoms. The summed E-state index contributed by atoms with van der Waals surface area (Å²) in [7, 11) is 0. The number of hydrogen-bond acceptors (Lipinski definition) is 7. The third-order valence-electron chi connectivity index (χ3n) is 6.92. The molecule has 3 aromatic rings. The highest BCUT2D eigenvalue weighted by molar-refractivity contribution is 5.78. The Labute approximate surface area is 208 Å². The van der Waals surface area contributed by atoms with Gasteiger partial charge in [0.05, 0.1) is 30.8 Å². The number of anilines is 1. The Morgan fingerprint density at radius 3 is 2.67 bits per heavy atom. The van der Waals surface area contributed by atoms with Gasteiger partial charge in [0.2, 0.25) is 5.91 Å². The van der Waals surface area contributed by atoms with E-state index >= 15 is 0 Å². The number of benzene rings is 1. The zero-order chi connectivity index (χ0) is 25.1. The molecule has 2 aromatic heterocycles. The fraction of sp³-hybridized carbons (Fsp3) is 0.520. The first-order valence-electron chi connectivity index (χ1n) is 12.5. The Bertz CT molecular complexity index is 1210. The van der Waals surface area contributed by atoms with Gasteiger partial charge >= 0.3 is 0 Å². The quantitative estimate of drug-likeness (QED) is 0.508. The number of rotatable bonds is 8. The van der Waals surface area contributed by atoms with Gasteiger partial charge < -0.3 is 20.3 Å². The minimum absolute atomic E-state index is 0.00826. The number of morpholine rings is 1. The van der Waals surface area contributed by atoms with E-state index in [2.05, 4.69) is 9.88 Å². The predicted octanol–water partition coefficient (Wildman–Crippen LogP) is 2.72. The third-order valence-corrected chi connectivity index (χ3v) is 6.92. The highest BCUT2D eigenvalue weighted by Crippen LogP contribution is 2.29. The maximum Gasteiger partial charge on any atom is 0.296 e. The minimum atomic E-state index is -2.75. The number of nitrogens with two attached hydrogens (primary N) is 1. The average Bonchev–Trinajstić information content (AvgIpc) is 3.54. The number of aryl methyl sites for hydroxylation is 1. The Kier molecular flexibility index (Phi) is 7.38. The molecule has 192 valence electrons. The average molecular weight is 500 g/mol. The van der Waals surface area contributed by atoms with Crippen molar-refractivity contribution in [2.45, 2.75) is 32.1 Å². The number of halogens is 2.